The number of ether oxygens (including phenoxy) is 3. The molecule has 0 spiro atoms. The average Bonchev–Trinajstić information content (AvgIpc) is 2.67. The van der Waals surface area contributed by atoms with Crippen molar-refractivity contribution >= 4 is 23.3 Å². The summed E-state index contributed by atoms with van der Waals surface area (Å²) in [5, 5.41) is 13.4. The molecule has 11 heteroatoms. The van der Waals surface area contributed by atoms with E-state index in [9.17, 15) is 28.5 Å². The number of hydrogen-bond acceptors (Lipinski definition) is 7. The maximum Gasteiger partial charge on any atom is 0.387 e. The second-order valence-corrected chi connectivity index (χ2v) is 5.63. The number of hydrogen-bond donors (Lipinski definition) is 1. The van der Waals surface area contributed by atoms with E-state index in [4.69, 9.17) is 4.74 Å². The molecule has 0 bridgehead atoms. The van der Waals surface area contributed by atoms with Crippen LogP contribution < -0.4 is 14.8 Å². The minimum absolute atomic E-state index is 0.0785. The van der Waals surface area contributed by atoms with Crippen molar-refractivity contribution in [1.29, 1.82) is 0 Å². The number of aryl methyl sites for hydroxylation is 1. The second kappa shape index (κ2) is 8.95. The van der Waals surface area contributed by atoms with Crippen molar-refractivity contribution in [3.05, 3.63) is 57.1 Å². The molecule has 0 saturated carbocycles. The summed E-state index contributed by atoms with van der Waals surface area (Å²) in [4.78, 5) is 35.0. The van der Waals surface area contributed by atoms with Gasteiger partial charge in [-0.3, -0.25) is 14.9 Å². The van der Waals surface area contributed by atoms with Gasteiger partial charge in [-0.2, -0.15) is 8.78 Å². The summed E-state index contributed by atoms with van der Waals surface area (Å²) in [5.41, 5.74) is -0.408. The molecule has 0 unspecified atom stereocenters. The van der Waals surface area contributed by atoms with Gasteiger partial charge in [0, 0.05) is 29.3 Å². The van der Waals surface area contributed by atoms with E-state index in [2.05, 4.69) is 14.8 Å². The number of methoxy groups -OCH3 is 2. The van der Waals surface area contributed by atoms with Crippen molar-refractivity contribution in [3.63, 3.8) is 0 Å². The summed E-state index contributed by atoms with van der Waals surface area (Å²) in [6, 6.07) is 5.82. The van der Waals surface area contributed by atoms with Gasteiger partial charge in [-0.15, -0.1) is 0 Å². The van der Waals surface area contributed by atoms with E-state index in [1.807, 2.05) is 0 Å². The third-order valence-corrected chi connectivity index (χ3v) is 3.84. The second-order valence-electron chi connectivity index (χ2n) is 5.63. The molecule has 0 atom stereocenters. The fourth-order valence-corrected chi connectivity index (χ4v) is 2.43. The minimum atomic E-state index is -3.18. The van der Waals surface area contributed by atoms with Crippen LogP contribution in [0.15, 0.2) is 30.3 Å². The van der Waals surface area contributed by atoms with E-state index in [0.717, 1.165) is 25.3 Å². The third kappa shape index (κ3) is 4.94. The molecule has 2 aromatic rings. The number of nitrogens with zero attached hydrogens (tertiary/aromatic N) is 1. The third-order valence-electron chi connectivity index (χ3n) is 3.84. The van der Waals surface area contributed by atoms with Gasteiger partial charge in [0.1, 0.15) is 0 Å². The van der Waals surface area contributed by atoms with Crippen LogP contribution >= 0.6 is 0 Å². The van der Waals surface area contributed by atoms with Crippen molar-refractivity contribution < 1.29 is 37.5 Å². The number of benzene rings is 2. The first-order valence-corrected chi connectivity index (χ1v) is 7.99. The van der Waals surface area contributed by atoms with Gasteiger partial charge in [-0.05, 0) is 13.0 Å². The summed E-state index contributed by atoms with van der Waals surface area (Å²) >= 11 is 0. The summed E-state index contributed by atoms with van der Waals surface area (Å²) in [6.45, 7) is -1.68. The Morgan fingerprint density at radius 2 is 1.83 bits per heavy atom. The number of anilines is 1. The Kier molecular flexibility index (Phi) is 6.65. The lowest BCUT2D eigenvalue weighted by Gasteiger charge is -2.15. The Bertz CT molecular complexity index is 963. The number of nitro benzene ring substituents is 1. The smallest absolute Gasteiger partial charge is 0.387 e. The van der Waals surface area contributed by atoms with Crippen LogP contribution in [0.25, 0.3) is 0 Å². The number of nitro groups is 1. The molecule has 1 N–H and O–H groups in total. The van der Waals surface area contributed by atoms with Crippen molar-refractivity contribution in [2.24, 2.45) is 0 Å². The predicted molar refractivity (Wildman–Crippen MR) is 96.8 cm³/mol. The van der Waals surface area contributed by atoms with Crippen LogP contribution in [0.1, 0.15) is 26.3 Å². The molecule has 29 heavy (non-hydrogen) atoms. The van der Waals surface area contributed by atoms with Gasteiger partial charge in [-0.25, -0.2) is 4.79 Å². The maximum absolute atomic E-state index is 12.7. The molecule has 0 fully saturated rings. The Morgan fingerprint density at radius 1 is 1.14 bits per heavy atom. The van der Waals surface area contributed by atoms with Crippen LogP contribution in [0.2, 0.25) is 0 Å². The lowest BCUT2D eigenvalue weighted by Crippen LogP contribution is -2.16. The quantitative estimate of drug-likeness (QED) is 0.421. The van der Waals surface area contributed by atoms with Gasteiger partial charge in [0.05, 0.1) is 30.4 Å². The van der Waals surface area contributed by atoms with Crippen LogP contribution in [-0.4, -0.2) is 37.6 Å². The average molecular weight is 410 g/mol. The van der Waals surface area contributed by atoms with Gasteiger partial charge in [0.15, 0.2) is 11.5 Å². The number of esters is 1. The number of alkyl halides is 2. The summed E-state index contributed by atoms with van der Waals surface area (Å²) < 4.78 is 39.2. The van der Waals surface area contributed by atoms with Crippen LogP contribution in [0.3, 0.4) is 0 Å². The lowest BCUT2D eigenvalue weighted by molar-refractivity contribution is -0.385. The van der Waals surface area contributed by atoms with Gasteiger partial charge >= 0.3 is 12.6 Å². The molecule has 0 aliphatic carbocycles. The van der Waals surface area contributed by atoms with E-state index in [1.54, 1.807) is 0 Å². The first-order chi connectivity index (χ1) is 13.7. The van der Waals surface area contributed by atoms with Crippen LogP contribution in [0.5, 0.6) is 11.5 Å². The fourth-order valence-electron chi connectivity index (χ4n) is 2.43. The predicted octanol–water partition coefficient (Wildman–Crippen LogP) is 3.55. The lowest BCUT2D eigenvalue weighted by atomic mass is 10.1. The Hall–Kier alpha value is -3.76. The molecular weight excluding hydrogens is 394 g/mol. The summed E-state index contributed by atoms with van der Waals surface area (Å²) in [6.07, 6.45) is 0. The summed E-state index contributed by atoms with van der Waals surface area (Å²) in [7, 11) is 2.27. The zero-order valence-electron chi connectivity index (χ0n) is 15.5. The highest BCUT2D eigenvalue weighted by molar-refractivity contribution is 6.08. The first-order valence-electron chi connectivity index (χ1n) is 7.99. The molecule has 2 aromatic carbocycles. The van der Waals surface area contributed by atoms with Crippen LogP contribution in [0, 0.1) is 17.0 Å². The van der Waals surface area contributed by atoms with E-state index < -0.39 is 29.2 Å². The number of nitrogens with one attached hydrogen (secondary N) is 1. The fraction of sp³-hybridized carbons (Fsp3) is 0.222. The summed E-state index contributed by atoms with van der Waals surface area (Å²) in [5.74, 6) is -2.31. The van der Waals surface area contributed by atoms with Crippen LogP contribution in [-0.2, 0) is 4.74 Å². The van der Waals surface area contributed by atoms with Gasteiger partial charge in [0.2, 0.25) is 0 Å². The van der Waals surface area contributed by atoms with Gasteiger partial charge < -0.3 is 19.5 Å². The molecule has 0 heterocycles. The number of rotatable bonds is 7. The zero-order chi connectivity index (χ0) is 21.7. The van der Waals surface area contributed by atoms with Crippen molar-refractivity contribution in [1.82, 2.24) is 0 Å². The largest absolute Gasteiger partial charge is 0.493 e. The zero-order valence-corrected chi connectivity index (χ0v) is 15.5. The van der Waals surface area contributed by atoms with Crippen LogP contribution in [0.4, 0.5) is 20.2 Å². The number of carbonyl (C=O) groups excluding carboxylic acids is 2. The Balaban J connectivity index is 2.49. The topological polar surface area (TPSA) is 117 Å². The normalized spacial score (nSPS) is 10.4. The molecule has 0 saturated heterocycles. The molecule has 1 amide bonds. The van der Waals surface area contributed by atoms with E-state index in [-0.39, 0.29) is 28.3 Å². The molecule has 0 aliphatic rings. The Morgan fingerprint density at radius 3 is 2.38 bits per heavy atom. The first kappa shape index (κ1) is 21.5. The number of carbonyl (C=O) groups is 2. The molecule has 2 rings (SSSR count). The van der Waals surface area contributed by atoms with E-state index >= 15 is 0 Å². The maximum atomic E-state index is 12.7. The van der Waals surface area contributed by atoms with Crippen molar-refractivity contribution in [3.8, 4) is 11.5 Å². The molecule has 9 nitrogen and oxygen atoms in total. The molecular formula is C18H16F2N2O7. The number of halogens is 2. The Labute approximate surface area is 163 Å². The van der Waals surface area contributed by atoms with Gasteiger partial charge in [-0.1, -0.05) is 6.07 Å². The van der Waals surface area contributed by atoms with Gasteiger partial charge in [0.25, 0.3) is 11.6 Å². The SMILES string of the molecule is COC(=O)c1cc(OC)c(OC(F)F)cc1NC(=O)c1ccc(C)c([N+](=O)[O-])c1. The highest BCUT2D eigenvalue weighted by Gasteiger charge is 2.22. The molecule has 0 aliphatic heterocycles. The number of amides is 1. The highest BCUT2D eigenvalue weighted by Crippen LogP contribution is 2.35. The highest BCUT2D eigenvalue weighted by atomic mass is 19.3. The monoisotopic (exact) mass is 410 g/mol. The van der Waals surface area contributed by atoms with Crippen molar-refractivity contribution in [2.75, 3.05) is 19.5 Å². The molecule has 0 aromatic heterocycles. The standard InChI is InChI=1S/C18H16F2N2O7/c1-9-4-5-10(6-13(9)22(25)26)16(23)21-12-8-15(29-18(19)20)14(27-2)7-11(12)17(24)28-3/h4-8,18H,1-3H3,(H,21,23). The van der Waals surface area contributed by atoms with Crippen molar-refractivity contribution in [2.45, 2.75) is 13.5 Å². The van der Waals surface area contributed by atoms with E-state index in [0.29, 0.717) is 5.56 Å². The molecule has 154 valence electrons. The molecule has 0 radical (unpaired) electrons. The van der Waals surface area contributed by atoms with E-state index in [1.165, 1.54) is 26.2 Å². The minimum Gasteiger partial charge on any atom is -0.493 e.